The molecule has 0 saturated carbocycles. The Bertz CT molecular complexity index is 3320. The Hall–Kier alpha value is -7.78. The summed E-state index contributed by atoms with van der Waals surface area (Å²) in [5.74, 6) is 3.50. The van der Waals surface area contributed by atoms with Crippen molar-refractivity contribution in [2.24, 2.45) is 0 Å². The first-order chi connectivity index (χ1) is 32.2. The first-order valence-electron chi connectivity index (χ1n) is 22.0. The average Bonchev–Trinajstić information content (AvgIpc) is 3.38. The molecule has 0 bridgehead atoms. The van der Waals surface area contributed by atoms with Crippen molar-refractivity contribution in [3.63, 3.8) is 0 Å². The molecule has 0 atom stereocenters. The van der Waals surface area contributed by atoms with Crippen LogP contribution in [0.25, 0.3) is 34.2 Å². The molecular formula is C57H37BN4OSSi. The summed E-state index contributed by atoms with van der Waals surface area (Å²) in [6.45, 7) is -0.0143. The van der Waals surface area contributed by atoms with Crippen molar-refractivity contribution >= 4 is 80.7 Å². The number of anilines is 3. The highest BCUT2D eigenvalue weighted by molar-refractivity contribution is 8.00. The number of ether oxygens (including phenoxy) is 1. The third-order valence-electron chi connectivity index (χ3n) is 13.1. The van der Waals surface area contributed by atoms with Gasteiger partial charge in [0, 0.05) is 43.9 Å². The van der Waals surface area contributed by atoms with Gasteiger partial charge in [-0.2, -0.15) is 0 Å². The first kappa shape index (κ1) is 37.7. The summed E-state index contributed by atoms with van der Waals surface area (Å²) in [4.78, 5) is 20.0. The Kier molecular flexibility index (Phi) is 8.82. The molecule has 304 valence electrons. The van der Waals surface area contributed by atoms with E-state index in [0.29, 0.717) is 17.5 Å². The lowest BCUT2D eigenvalue weighted by Gasteiger charge is -2.45. The second-order valence-electron chi connectivity index (χ2n) is 16.7. The Morgan fingerprint density at radius 3 is 1.52 bits per heavy atom. The molecule has 0 spiro atoms. The maximum absolute atomic E-state index is 7.22. The minimum atomic E-state index is -2.78. The van der Waals surface area contributed by atoms with Gasteiger partial charge in [-0.1, -0.05) is 205 Å². The molecule has 3 aliphatic rings. The standard InChI is InChI=1S/C57H37BN4OSSi/c1-5-19-38(20-6-1)55-59-56(39-21-7-2-8-22-39)61-57(60-55)40-33-34-44-48(35-40)63-49-36-41(37-51-54(49)58(44)45-27-13-16-30-50(45)64-51)62-46-28-14-17-31-52(46)65(42-23-9-3-10-24-42,43-25-11-4-12-26-43)53-32-18-15-29-47(53)62/h1-37H. The Morgan fingerprint density at radius 2 is 0.923 bits per heavy atom. The fourth-order valence-electron chi connectivity index (χ4n) is 10.3. The number of fused-ring (bicyclic) bond motifs is 6. The van der Waals surface area contributed by atoms with Crippen LogP contribution >= 0.6 is 11.8 Å². The molecule has 8 heteroatoms. The van der Waals surface area contributed by atoms with Crippen molar-refractivity contribution in [3.8, 4) is 45.7 Å². The van der Waals surface area contributed by atoms with Gasteiger partial charge in [-0.05, 0) is 62.0 Å². The molecule has 1 aromatic heterocycles. The largest absolute Gasteiger partial charge is 0.458 e. The van der Waals surface area contributed by atoms with E-state index in [9.17, 15) is 0 Å². The van der Waals surface area contributed by atoms with Crippen molar-refractivity contribution < 1.29 is 4.74 Å². The van der Waals surface area contributed by atoms with Gasteiger partial charge < -0.3 is 9.64 Å². The second kappa shape index (κ2) is 15.2. The van der Waals surface area contributed by atoms with Gasteiger partial charge in [-0.15, -0.1) is 0 Å². The van der Waals surface area contributed by atoms with Gasteiger partial charge in [0.05, 0.1) is 5.69 Å². The van der Waals surface area contributed by atoms with Crippen LogP contribution in [0.2, 0.25) is 0 Å². The zero-order chi connectivity index (χ0) is 42.9. The number of aromatic nitrogens is 3. The van der Waals surface area contributed by atoms with Crippen molar-refractivity contribution in [2.45, 2.75) is 9.79 Å². The Labute approximate surface area is 383 Å². The van der Waals surface area contributed by atoms with Crippen LogP contribution in [0.15, 0.2) is 234 Å². The van der Waals surface area contributed by atoms with Gasteiger partial charge in [0.1, 0.15) is 11.5 Å². The van der Waals surface area contributed by atoms with Crippen LogP contribution in [0.4, 0.5) is 17.1 Å². The lowest BCUT2D eigenvalue weighted by atomic mass is 9.35. The minimum Gasteiger partial charge on any atom is -0.458 e. The predicted molar refractivity (Wildman–Crippen MR) is 270 cm³/mol. The zero-order valence-electron chi connectivity index (χ0n) is 35.0. The third-order valence-corrected chi connectivity index (χ3v) is 19.1. The van der Waals surface area contributed by atoms with E-state index < -0.39 is 8.07 Å². The third kappa shape index (κ3) is 5.98. The molecule has 13 rings (SSSR count). The molecular weight excluding hydrogens is 828 g/mol. The maximum Gasteiger partial charge on any atom is 0.253 e. The van der Waals surface area contributed by atoms with Crippen LogP contribution in [0.3, 0.4) is 0 Å². The molecule has 0 saturated heterocycles. The number of rotatable bonds is 6. The van der Waals surface area contributed by atoms with Gasteiger partial charge in [0.2, 0.25) is 0 Å². The molecule has 5 nitrogen and oxygen atoms in total. The summed E-state index contributed by atoms with van der Waals surface area (Å²) < 4.78 is 7.22. The van der Waals surface area contributed by atoms with Crippen molar-refractivity contribution in [1.82, 2.24) is 15.0 Å². The van der Waals surface area contributed by atoms with Gasteiger partial charge in [-0.25, -0.2) is 15.0 Å². The molecule has 9 aromatic carbocycles. The van der Waals surface area contributed by atoms with Crippen LogP contribution in [0.1, 0.15) is 0 Å². The molecule has 0 radical (unpaired) electrons. The molecule has 0 fully saturated rings. The van der Waals surface area contributed by atoms with E-state index in [4.69, 9.17) is 19.7 Å². The SMILES string of the molecule is c1ccc(-c2nc(-c3ccccc3)nc(-c3ccc4c(c3)Oc3cc(N5c6ccccc6[Si](c6ccccc6)(c6ccccc6)c6ccccc65)cc5c3B4c3ccccc3S5)n2)cc1. The average molecular weight is 865 g/mol. The Morgan fingerprint density at radius 1 is 0.415 bits per heavy atom. The highest BCUT2D eigenvalue weighted by atomic mass is 32.2. The van der Waals surface area contributed by atoms with Gasteiger partial charge in [0.15, 0.2) is 25.5 Å². The minimum absolute atomic E-state index is 0.0143. The highest BCUT2D eigenvalue weighted by Gasteiger charge is 2.49. The summed E-state index contributed by atoms with van der Waals surface area (Å²) in [6.07, 6.45) is 0. The molecule has 0 aliphatic carbocycles. The Balaban J connectivity index is 0.996. The van der Waals surface area contributed by atoms with Crippen molar-refractivity contribution in [2.75, 3.05) is 4.90 Å². The summed E-state index contributed by atoms with van der Waals surface area (Å²) in [5, 5.41) is 5.44. The fraction of sp³-hybridized carbons (Fsp3) is 0. The summed E-state index contributed by atoms with van der Waals surface area (Å²) >= 11 is 1.83. The summed E-state index contributed by atoms with van der Waals surface area (Å²) in [7, 11) is -2.78. The zero-order valence-corrected chi connectivity index (χ0v) is 36.9. The van der Waals surface area contributed by atoms with Crippen LogP contribution < -0.4 is 46.8 Å². The first-order valence-corrected chi connectivity index (χ1v) is 24.8. The van der Waals surface area contributed by atoms with E-state index in [1.165, 1.54) is 52.8 Å². The van der Waals surface area contributed by atoms with E-state index in [-0.39, 0.29) is 6.71 Å². The highest BCUT2D eigenvalue weighted by Crippen LogP contribution is 2.45. The molecule has 0 N–H and O–H groups in total. The molecule has 65 heavy (non-hydrogen) atoms. The number of hydrogen-bond acceptors (Lipinski definition) is 6. The molecule has 0 amide bonds. The number of nitrogens with zero attached hydrogens (tertiary/aromatic N) is 4. The van der Waals surface area contributed by atoms with Gasteiger partial charge >= 0.3 is 0 Å². The smallest absolute Gasteiger partial charge is 0.253 e. The molecule has 10 aromatic rings. The van der Waals surface area contributed by atoms with Crippen molar-refractivity contribution in [3.05, 3.63) is 224 Å². The normalized spacial score (nSPS) is 13.7. The van der Waals surface area contributed by atoms with Crippen LogP contribution in [0, 0.1) is 0 Å². The summed E-state index contributed by atoms with van der Waals surface area (Å²) in [5.41, 5.74) is 9.77. The summed E-state index contributed by atoms with van der Waals surface area (Å²) in [6, 6.07) is 80.7. The quantitative estimate of drug-likeness (QED) is 0.156. The monoisotopic (exact) mass is 864 g/mol. The van der Waals surface area contributed by atoms with Crippen LogP contribution in [-0.4, -0.2) is 29.7 Å². The van der Waals surface area contributed by atoms with Crippen LogP contribution in [0.5, 0.6) is 11.5 Å². The molecule has 0 unspecified atom stereocenters. The number of benzene rings is 9. The molecule has 3 aliphatic heterocycles. The second-order valence-corrected chi connectivity index (χ2v) is 21.5. The lowest BCUT2D eigenvalue weighted by molar-refractivity contribution is 0.486. The van der Waals surface area contributed by atoms with Crippen LogP contribution in [-0.2, 0) is 0 Å². The van der Waals surface area contributed by atoms with E-state index in [2.05, 4.69) is 169 Å². The van der Waals surface area contributed by atoms with E-state index in [1.54, 1.807) is 0 Å². The van der Waals surface area contributed by atoms with E-state index in [0.717, 1.165) is 39.3 Å². The van der Waals surface area contributed by atoms with Gasteiger partial charge in [0.25, 0.3) is 6.71 Å². The van der Waals surface area contributed by atoms with E-state index >= 15 is 0 Å². The lowest BCUT2D eigenvalue weighted by Crippen LogP contribution is -2.77. The van der Waals surface area contributed by atoms with Gasteiger partial charge in [-0.3, -0.25) is 0 Å². The number of para-hydroxylation sites is 2. The van der Waals surface area contributed by atoms with E-state index in [1.807, 2.05) is 72.4 Å². The topological polar surface area (TPSA) is 51.1 Å². The van der Waals surface area contributed by atoms with Crippen molar-refractivity contribution in [1.29, 1.82) is 0 Å². The number of hydrogen-bond donors (Lipinski definition) is 0. The maximum atomic E-state index is 7.22. The molecule has 4 heterocycles. The predicted octanol–water partition coefficient (Wildman–Crippen LogP) is 9.12. The fourth-order valence-corrected chi connectivity index (χ4v) is 16.6.